The SMILES string of the molecule is CCSc1ccc(-c2nc(CC(C)C)c(CNC)s2)cc1. The number of aromatic nitrogens is 1. The summed E-state index contributed by atoms with van der Waals surface area (Å²) in [7, 11) is 2.00. The molecule has 0 spiro atoms. The number of nitrogens with zero attached hydrogens (tertiary/aromatic N) is 1. The van der Waals surface area contributed by atoms with E-state index in [2.05, 4.69) is 50.4 Å². The summed E-state index contributed by atoms with van der Waals surface area (Å²) >= 11 is 3.70. The van der Waals surface area contributed by atoms with Crippen LogP contribution in [-0.2, 0) is 13.0 Å². The lowest BCUT2D eigenvalue weighted by Crippen LogP contribution is -2.07. The zero-order valence-electron chi connectivity index (χ0n) is 13.3. The lowest BCUT2D eigenvalue weighted by Gasteiger charge is -2.03. The van der Waals surface area contributed by atoms with Gasteiger partial charge in [0.05, 0.1) is 5.69 Å². The Hall–Kier alpha value is -0.840. The number of rotatable bonds is 7. The highest BCUT2D eigenvalue weighted by Gasteiger charge is 2.13. The Kier molecular flexibility index (Phi) is 6.27. The molecule has 1 heterocycles. The Morgan fingerprint density at radius 3 is 2.52 bits per heavy atom. The predicted octanol–water partition coefficient (Wildman–Crippen LogP) is 4.84. The van der Waals surface area contributed by atoms with E-state index in [1.807, 2.05) is 30.1 Å². The van der Waals surface area contributed by atoms with Crippen LogP contribution < -0.4 is 5.32 Å². The van der Waals surface area contributed by atoms with Gasteiger partial charge in [0.1, 0.15) is 5.01 Å². The van der Waals surface area contributed by atoms with Gasteiger partial charge in [-0.3, -0.25) is 0 Å². The number of hydrogen-bond donors (Lipinski definition) is 1. The third-order valence-electron chi connectivity index (χ3n) is 3.13. The lowest BCUT2D eigenvalue weighted by atomic mass is 10.1. The van der Waals surface area contributed by atoms with Crippen LogP contribution in [0.25, 0.3) is 10.6 Å². The minimum atomic E-state index is 0.638. The Balaban J connectivity index is 2.26. The molecule has 114 valence electrons. The van der Waals surface area contributed by atoms with Crippen LogP contribution in [0.15, 0.2) is 29.2 Å². The quantitative estimate of drug-likeness (QED) is 0.739. The molecular formula is C17H24N2S2. The van der Waals surface area contributed by atoms with E-state index in [0.29, 0.717) is 5.92 Å². The van der Waals surface area contributed by atoms with Crippen LogP contribution >= 0.6 is 23.1 Å². The van der Waals surface area contributed by atoms with E-state index in [1.165, 1.54) is 21.0 Å². The second-order valence-electron chi connectivity index (χ2n) is 5.47. The maximum absolute atomic E-state index is 4.89. The van der Waals surface area contributed by atoms with E-state index in [0.717, 1.165) is 23.7 Å². The van der Waals surface area contributed by atoms with Crippen molar-refractivity contribution < 1.29 is 0 Å². The highest BCUT2D eigenvalue weighted by Crippen LogP contribution is 2.30. The van der Waals surface area contributed by atoms with Gasteiger partial charge in [0.15, 0.2) is 0 Å². The summed E-state index contributed by atoms with van der Waals surface area (Å²) in [5.41, 5.74) is 2.49. The first-order valence-electron chi connectivity index (χ1n) is 7.50. The van der Waals surface area contributed by atoms with Crippen LogP contribution in [0.1, 0.15) is 31.3 Å². The van der Waals surface area contributed by atoms with Gasteiger partial charge in [-0.25, -0.2) is 4.98 Å². The number of hydrogen-bond acceptors (Lipinski definition) is 4. The van der Waals surface area contributed by atoms with Crippen LogP contribution in [0.3, 0.4) is 0 Å². The van der Waals surface area contributed by atoms with Gasteiger partial charge in [-0.05, 0) is 37.3 Å². The average Bonchev–Trinajstić information content (AvgIpc) is 2.83. The summed E-state index contributed by atoms with van der Waals surface area (Å²) in [6, 6.07) is 8.79. The number of thiazole rings is 1. The van der Waals surface area contributed by atoms with Crippen molar-refractivity contribution >= 4 is 23.1 Å². The van der Waals surface area contributed by atoms with E-state index in [-0.39, 0.29) is 0 Å². The zero-order chi connectivity index (χ0) is 15.2. The molecule has 21 heavy (non-hydrogen) atoms. The van der Waals surface area contributed by atoms with Gasteiger partial charge in [-0.15, -0.1) is 23.1 Å². The summed E-state index contributed by atoms with van der Waals surface area (Å²) < 4.78 is 0. The monoisotopic (exact) mass is 320 g/mol. The number of benzene rings is 1. The van der Waals surface area contributed by atoms with Crippen molar-refractivity contribution in [3.8, 4) is 10.6 Å². The molecule has 0 amide bonds. The highest BCUT2D eigenvalue weighted by atomic mass is 32.2. The van der Waals surface area contributed by atoms with Gasteiger partial charge < -0.3 is 5.32 Å². The Morgan fingerprint density at radius 2 is 1.95 bits per heavy atom. The van der Waals surface area contributed by atoms with Crippen LogP contribution in [-0.4, -0.2) is 17.8 Å². The minimum absolute atomic E-state index is 0.638. The maximum atomic E-state index is 4.89. The Morgan fingerprint density at radius 1 is 1.24 bits per heavy atom. The van der Waals surface area contributed by atoms with Crippen molar-refractivity contribution in [2.75, 3.05) is 12.8 Å². The van der Waals surface area contributed by atoms with Crippen LogP contribution in [0.5, 0.6) is 0 Å². The molecule has 4 heteroatoms. The molecule has 0 aliphatic carbocycles. The normalized spacial score (nSPS) is 11.3. The van der Waals surface area contributed by atoms with E-state index in [4.69, 9.17) is 4.98 Å². The fourth-order valence-electron chi connectivity index (χ4n) is 2.21. The van der Waals surface area contributed by atoms with Crippen molar-refractivity contribution in [2.24, 2.45) is 5.92 Å². The Bertz CT molecular complexity index is 559. The molecule has 1 aromatic carbocycles. The van der Waals surface area contributed by atoms with E-state index < -0.39 is 0 Å². The van der Waals surface area contributed by atoms with Crippen molar-refractivity contribution in [1.82, 2.24) is 10.3 Å². The third-order valence-corrected chi connectivity index (χ3v) is 5.17. The van der Waals surface area contributed by atoms with Gasteiger partial charge >= 0.3 is 0 Å². The molecule has 2 rings (SSSR count). The molecule has 0 unspecified atom stereocenters. The predicted molar refractivity (Wildman–Crippen MR) is 95.3 cm³/mol. The molecule has 0 saturated carbocycles. The molecule has 0 saturated heterocycles. The highest BCUT2D eigenvalue weighted by molar-refractivity contribution is 7.99. The van der Waals surface area contributed by atoms with Crippen molar-refractivity contribution in [2.45, 2.75) is 38.6 Å². The van der Waals surface area contributed by atoms with Gasteiger partial charge in [-0.2, -0.15) is 0 Å². The second-order valence-corrected chi connectivity index (χ2v) is 7.90. The minimum Gasteiger partial charge on any atom is -0.315 e. The molecule has 1 aromatic heterocycles. The largest absolute Gasteiger partial charge is 0.315 e. The second kappa shape index (κ2) is 7.97. The first-order valence-corrected chi connectivity index (χ1v) is 9.30. The molecule has 2 nitrogen and oxygen atoms in total. The summed E-state index contributed by atoms with van der Waals surface area (Å²) in [5.74, 6) is 1.75. The first-order chi connectivity index (χ1) is 10.1. The van der Waals surface area contributed by atoms with E-state index in [1.54, 1.807) is 0 Å². The molecule has 0 radical (unpaired) electrons. The fraction of sp³-hybridized carbons (Fsp3) is 0.471. The van der Waals surface area contributed by atoms with Crippen LogP contribution in [0.4, 0.5) is 0 Å². The average molecular weight is 321 g/mol. The number of thioether (sulfide) groups is 1. The molecule has 2 aromatic rings. The number of nitrogens with one attached hydrogen (secondary N) is 1. The summed E-state index contributed by atoms with van der Waals surface area (Å²) in [4.78, 5) is 7.58. The fourth-order valence-corrected chi connectivity index (χ4v) is 3.98. The molecule has 0 aliphatic heterocycles. The molecule has 1 N–H and O–H groups in total. The van der Waals surface area contributed by atoms with Gasteiger partial charge in [0, 0.05) is 21.9 Å². The summed E-state index contributed by atoms with van der Waals surface area (Å²) in [6.07, 6.45) is 1.05. The zero-order valence-corrected chi connectivity index (χ0v) is 14.9. The molecule has 0 atom stereocenters. The van der Waals surface area contributed by atoms with Crippen molar-refractivity contribution in [3.05, 3.63) is 34.8 Å². The Labute approximate surface area is 136 Å². The summed E-state index contributed by atoms with van der Waals surface area (Å²) in [5, 5.41) is 4.40. The summed E-state index contributed by atoms with van der Waals surface area (Å²) in [6.45, 7) is 7.59. The molecule has 0 aliphatic rings. The van der Waals surface area contributed by atoms with Gasteiger partial charge in [0.25, 0.3) is 0 Å². The third kappa shape index (κ3) is 4.56. The van der Waals surface area contributed by atoms with Gasteiger partial charge in [0.2, 0.25) is 0 Å². The van der Waals surface area contributed by atoms with E-state index >= 15 is 0 Å². The smallest absolute Gasteiger partial charge is 0.123 e. The lowest BCUT2D eigenvalue weighted by molar-refractivity contribution is 0.631. The van der Waals surface area contributed by atoms with E-state index in [9.17, 15) is 0 Å². The standard InChI is InChI=1S/C17H24N2S2/c1-5-20-14-8-6-13(7-9-14)17-19-15(10-12(2)3)16(21-17)11-18-4/h6-9,12,18H,5,10-11H2,1-4H3. The first kappa shape index (κ1) is 16.5. The topological polar surface area (TPSA) is 24.9 Å². The van der Waals surface area contributed by atoms with Crippen molar-refractivity contribution in [1.29, 1.82) is 0 Å². The molecular weight excluding hydrogens is 296 g/mol. The van der Waals surface area contributed by atoms with Gasteiger partial charge in [-0.1, -0.05) is 32.9 Å². The maximum Gasteiger partial charge on any atom is 0.123 e. The van der Waals surface area contributed by atoms with Crippen LogP contribution in [0.2, 0.25) is 0 Å². The molecule has 0 bridgehead atoms. The van der Waals surface area contributed by atoms with Crippen molar-refractivity contribution in [3.63, 3.8) is 0 Å². The molecule has 0 fully saturated rings. The van der Waals surface area contributed by atoms with Crippen LogP contribution in [0, 0.1) is 5.92 Å².